The third-order valence-corrected chi connectivity index (χ3v) is 10.2. The van der Waals surface area contributed by atoms with E-state index in [0.717, 1.165) is 17.7 Å². The summed E-state index contributed by atoms with van der Waals surface area (Å²) in [7, 11) is -3.77. The van der Waals surface area contributed by atoms with Crippen molar-refractivity contribution in [3.63, 3.8) is 0 Å². The van der Waals surface area contributed by atoms with Crippen molar-refractivity contribution in [1.29, 1.82) is 0 Å². The largest absolute Gasteiger partial charge is 0.368 e. The number of benzene rings is 2. The van der Waals surface area contributed by atoms with E-state index in [1.165, 1.54) is 10.4 Å². The van der Waals surface area contributed by atoms with Gasteiger partial charge in [-0.2, -0.15) is 4.31 Å². The summed E-state index contributed by atoms with van der Waals surface area (Å²) in [5.74, 6) is 0.205. The number of piperazine rings is 1. The topological polar surface area (TPSA) is 82.9 Å². The Morgan fingerprint density at radius 1 is 1.00 bits per heavy atom. The lowest BCUT2D eigenvalue weighted by molar-refractivity contribution is 0.0745. The van der Waals surface area contributed by atoms with E-state index in [2.05, 4.69) is 18.7 Å². The second kappa shape index (κ2) is 11.2. The lowest BCUT2D eigenvalue weighted by Gasteiger charge is -2.37. The number of aryl methyl sites for hydroxylation is 2. The molecule has 3 aromatic rings. The Morgan fingerprint density at radius 3 is 2.33 bits per heavy atom. The van der Waals surface area contributed by atoms with Crippen LogP contribution in [0.25, 0.3) is 10.9 Å². The molecule has 214 valence electrons. The summed E-state index contributed by atoms with van der Waals surface area (Å²) in [4.78, 5) is 31.4. The molecule has 2 aliphatic rings. The van der Waals surface area contributed by atoms with Gasteiger partial charge < -0.3 is 14.4 Å². The van der Waals surface area contributed by atoms with Crippen molar-refractivity contribution >= 4 is 44.1 Å². The number of rotatable bonds is 5. The van der Waals surface area contributed by atoms with Crippen LogP contribution in [0.2, 0.25) is 5.02 Å². The quantitative estimate of drug-likeness (QED) is 0.437. The SMILES string of the molecule is CCn1cc(C(=O)N2CCN(c3cc(Cl)ccc3C)CC2)c(=O)c2cc(S(=O)(=O)N3C[C@H](C)C[C@@H](C)C3)ccc21. The van der Waals surface area contributed by atoms with Gasteiger partial charge in [-0.3, -0.25) is 9.59 Å². The maximum absolute atomic E-state index is 13.7. The number of carbonyl (C=O) groups excluding carboxylic acids is 1. The van der Waals surface area contributed by atoms with Crippen LogP contribution in [0.3, 0.4) is 0 Å². The highest BCUT2D eigenvalue weighted by Crippen LogP contribution is 2.29. The Balaban J connectivity index is 1.45. The molecular formula is C30H37ClN4O4S. The number of carbonyl (C=O) groups is 1. The molecule has 0 unspecified atom stereocenters. The van der Waals surface area contributed by atoms with Gasteiger partial charge in [0, 0.05) is 68.1 Å². The van der Waals surface area contributed by atoms with E-state index in [-0.39, 0.29) is 33.6 Å². The number of nitrogens with zero attached hydrogens (tertiary/aromatic N) is 4. The highest BCUT2D eigenvalue weighted by molar-refractivity contribution is 7.89. The van der Waals surface area contributed by atoms with Gasteiger partial charge in [-0.25, -0.2) is 8.42 Å². The molecule has 0 N–H and O–H groups in total. The molecule has 2 saturated heterocycles. The summed E-state index contributed by atoms with van der Waals surface area (Å²) in [6.45, 7) is 11.7. The van der Waals surface area contributed by atoms with Crippen molar-refractivity contribution in [3.8, 4) is 0 Å². The van der Waals surface area contributed by atoms with Gasteiger partial charge >= 0.3 is 0 Å². The predicted molar refractivity (Wildman–Crippen MR) is 160 cm³/mol. The Kier molecular flexibility index (Phi) is 8.01. The van der Waals surface area contributed by atoms with Crippen LogP contribution in [-0.4, -0.2) is 67.4 Å². The van der Waals surface area contributed by atoms with Gasteiger partial charge in [0.05, 0.1) is 10.4 Å². The summed E-state index contributed by atoms with van der Waals surface area (Å²) in [5.41, 5.74) is 2.41. The lowest BCUT2D eigenvalue weighted by Crippen LogP contribution is -2.49. The minimum Gasteiger partial charge on any atom is -0.368 e. The molecule has 0 spiro atoms. The van der Waals surface area contributed by atoms with Gasteiger partial charge in [0.1, 0.15) is 5.56 Å². The number of hydrogen-bond acceptors (Lipinski definition) is 5. The molecule has 8 nitrogen and oxygen atoms in total. The highest BCUT2D eigenvalue weighted by Gasteiger charge is 2.32. The third-order valence-electron chi connectivity index (χ3n) is 8.17. The Morgan fingerprint density at radius 2 is 1.68 bits per heavy atom. The molecular weight excluding hydrogens is 548 g/mol. The summed E-state index contributed by atoms with van der Waals surface area (Å²) >= 11 is 6.22. The lowest BCUT2D eigenvalue weighted by atomic mass is 9.94. The second-order valence-electron chi connectivity index (χ2n) is 11.3. The van der Waals surface area contributed by atoms with E-state index in [0.29, 0.717) is 56.4 Å². The van der Waals surface area contributed by atoms with E-state index >= 15 is 0 Å². The van der Waals surface area contributed by atoms with E-state index in [9.17, 15) is 18.0 Å². The van der Waals surface area contributed by atoms with Crippen molar-refractivity contribution in [1.82, 2.24) is 13.8 Å². The molecule has 0 radical (unpaired) electrons. The molecule has 2 fully saturated rings. The molecule has 1 aromatic heterocycles. The average molecular weight is 585 g/mol. The van der Waals surface area contributed by atoms with Gasteiger partial charge in [0.25, 0.3) is 5.91 Å². The first-order chi connectivity index (χ1) is 19.0. The van der Waals surface area contributed by atoms with E-state index in [4.69, 9.17) is 11.6 Å². The number of anilines is 1. The molecule has 2 aliphatic heterocycles. The van der Waals surface area contributed by atoms with Crippen molar-refractivity contribution in [2.24, 2.45) is 11.8 Å². The number of fused-ring (bicyclic) bond motifs is 1. The fourth-order valence-electron chi connectivity index (χ4n) is 6.15. The number of aromatic nitrogens is 1. The minimum absolute atomic E-state index is 0.0662. The first-order valence-electron chi connectivity index (χ1n) is 14.0. The van der Waals surface area contributed by atoms with Crippen molar-refractivity contribution in [3.05, 3.63) is 69.0 Å². The fraction of sp³-hybridized carbons (Fsp3) is 0.467. The molecule has 0 bridgehead atoms. The van der Waals surface area contributed by atoms with Gasteiger partial charge in [-0.15, -0.1) is 0 Å². The fourth-order valence-corrected chi connectivity index (χ4v) is 8.02. The van der Waals surface area contributed by atoms with Crippen molar-refractivity contribution in [2.45, 2.75) is 45.6 Å². The monoisotopic (exact) mass is 584 g/mol. The number of hydrogen-bond donors (Lipinski definition) is 0. The van der Waals surface area contributed by atoms with Crippen LogP contribution in [0.1, 0.15) is 43.1 Å². The summed E-state index contributed by atoms with van der Waals surface area (Å²) in [5, 5.41) is 0.918. The maximum Gasteiger partial charge on any atom is 0.259 e. The van der Waals surface area contributed by atoms with Crippen LogP contribution in [0.5, 0.6) is 0 Å². The van der Waals surface area contributed by atoms with Gasteiger partial charge in [0.2, 0.25) is 15.5 Å². The number of piperidine rings is 1. The van der Waals surface area contributed by atoms with Gasteiger partial charge in [-0.1, -0.05) is 31.5 Å². The van der Waals surface area contributed by atoms with E-state index in [1.807, 2.05) is 36.6 Å². The van der Waals surface area contributed by atoms with Crippen LogP contribution >= 0.6 is 11.6 Å². The summed E-state index contributed by atoms with van der Waals surface area (Å²) in [6, 6.07) is 10.5. The highest BCUT2D eigenvalue weighted by atomic mass is 35.5. The number of amides is 1. The Bertz CT molecular complexity index is 1600. The number of pyridine rings is 1. The van der Waals surface area contributed by atoms with Crippen LogP contribution in [0, 0.1) is 18.8 Å². The molecule has 2 aromatic carbocycles. The van der Waals surface area contributed by atoms with Crippen LogP contribution in [0.4, 0.5) is 5.69 Å². The zero-order valence-corrected chi connectivity index (χ0v) is 25.1. The molecule has 2 atom stereocenters. The van der Waals surface area contributed by atoms with E-state index in [1.54, 1.807) is 23.2 Å². The van der Waals surface area contributed by atoms with Crippen LogP contribution < -0.4 is 10.3 Å². The predicted octanol–water partition coefficient (Wildman–Crippen LogP) is 4.61. The van der Waals surface area contributed by atoms with Crippen molar-refractivity contribution in [2.75, 3.05) is 44.2 Å². The zero-order chi connectivity index (χ0) is 28.8. The molecule has 0 saturated carbocycles. The standard InChI is InChI=1S/C30H37ClN4O4S/c1-5-32-19-26(30(37)34-12-10-33(11-13-34)28-15-23(31)7-6-22(28)4)29(36)25-16-24(8-9-27(25)32)40(38,39)35-17-20(2)14-21(3)18-35/h6-9,15-16,19-21H,5,10-14,17-18H2,1-4H3/t20-,21-/m1/s1. The average Bonchev–Trinajstić information content (AvgIpc) is 2.93. The summed E-state index contributed by atoms with van der Waals surface area (Å²) in [6.07, 6.45) is 2.60. The molecule has 1 amide bonds. The van der Waals surface area contributed by atoms with Gasteiger partial charge in [-0.05, 0) is 68.0 Å². The molecule has 0 aliphatic carbocycles. The first-order valence-corrected chi connectivity index (χ1v) is 15.8. The summed E-state index contributed by atoms with van der Waals surface area (Å²) < 4.78 is 30.5. The molecule has 10 heteroatoms. The van der Waals surface area contributed by atoms with Crippen molar-refractivity contribution < 1.29 is 13.2 Å². The van der Waals surface area contributed by atoms with Crippen LogP contribution in [0.15, 0.2) is 52.3 Å². The third kappa shape index (κ3) is 5.39. The normalized spacial score (nSPS) is 20.7. The maximum atomic E-state index is 13.7. The number of halogens is 1. The van der Waals surface area contributed by atoms with Gasteiger partial charge in [0.15, 0.2) is 0 Å². The molecule has 40 heavy (non-hydrogen) atoms. The number of sulfonamides is 1. The Labute approximate surface area is 241 Å². The van der Waals surface area contributed by atoms with Crippen LogP contribution in [-0.2, 0) is 16.6 Å². The first kappa shape index (κ1) is 28.6. The zero-order valence-electron chi connectivity index (χ0n) is 23.6. The molecule has 5 rings (SSSR count). The smallest absolute Gasteiger partial charge is 0.259 e. The minimum atomic E-state index is -3.77. The Hall–Kier alpha value is -2.88. The molecule has 3 heterocycles. The van der Waals surface area contributed by atoms with E-state index < -0.39 is 15.5 Å². The second-order valence-corrected chi connectivity index (χ2v) is 13.7.